The zero-order valence-corrected chi connectivity index (χ0v) is 6.69. The molecule has 0 radical (unpaired) electrons. The van der Waals surface area contributed by atoms with Gasteiger partial charge in [-0.2, -0.15) is 0 Å². The maximum absolute atomic E-state index is 10.2. The van der Waals surface area contributed by atoms with Crippen LogP contribution in [0.4, 0.5) is 9.59 Å². The van der Waals surface area contributed by atoms with Crippen LogP contribution in [0.25, 0.3) is 0 Å². The third kappa shape index (κ3) is 6.60. The standard InChI is InChI=1S/C6H10N2O5/c9-3-4(8-6(12)13)1-2-7-5(10)11/h3-4,7-8H,1-2H2,(H,10,11)(H,12,13). The minimum atomic E-state index is -1.31. The molecule has 0 aromatic carbocycles. The molecule has 74 valence electrons. The van der Waals surface area contributed by atoms with E-state index in [1.54, 1.807) is 0 Å². The van der Waals surface area contributed by atoms with E-state index >= 15 is 0 Å². The second kappa shape index (κ2) is 5.81. The molecule has 1 unspecified atom stereocenters. The van der Waals surface area contributed by atoms with Gasteiger partial charge in [-0.3, -0.25) is 0 Å². The fraction of sp³-hybridized carbons (Fsp3) is 0.500. The van der Waals surface area contributed by atoms with E-state index in [1.807, 2.05) is 10.6 Å². The van der Waals surface area contributed by atoms with Crippen molar-refractivity contribution in [3.63, 3.8) is 0 Å². The summed E-state index contributed by atoms with van der Waals surface area (Å²) in [5.41, 5.74) is 0. The van der Waals surface area contributed by atoms with Gasteiger partial charge in [-0.15, -0.1) is 0 Å². The first-order valence-electron chi connectivity index (χ1n) is 3.47. The zero-order valence-electron chi connectivity index (χ0n) is 6.69. The number of aldehydes is 1. The number of carbonyl (C=O) groups excluding carboxylic acids is 1. The molecule has 13 heavy (non-hydrogen) atoms. The fourth-order valence-corrected chi connectivity index (χ4v) is 0.667. The lowest BCUT2D eigenvalue weighted by molar-refractivity contribution is -0.109. The van der Waals surface area contributed by atoms with Crippen LogP contribution in [0.2, 0.25) is 0 Å². The lowest BCUT2D eigenvalue weighted by Crippen LogP contribution is -2.37. The molecule has 0 fully saturated rings. The largest absolute Gasteiger partial charge is 0.465 e. The number of hydrogen-bond acceptors (Lipinski definition) is 3. The molecule has 7 heteroatoms. The van der Waals surface area contributed by atoms with Gasteiger partial charge in [0.1, 0.15) is 6.29 Å². The van der Waals surface area contributed by atoms with Crippen molar-refractivity contribution in [3.05, 3.63) is 0 Å². The van der Waals surface area contributed by atoms with E-state index in [0.717, 1.165) is 0 Å². The van der Waals surface area contributed by atoms with Gasteiger partial charge in [0.05, 0.1) is 6.04 Å². The van der Waals surface area contributed by atoms with E-state index in [4.69, 9.17) is 10.2 Å². The van der Waals surface area contributed by atoms with Crippen molar-refractivity contribution < 1.29 is 24.6 Å². The smallest absolute Gasteiger partial charge is 0.405 e. The van der Waals surface area contributed by atoms with Gasteiger partial charge in [-0.25, -0.2) is 9.59 Å². The number of rotatable bonds is 5. The number of hydrogen-bond donors (Lipinski definition) is 4. The van der Waals surface area contributed by atoms with Crippen LogP contribution in [0.5, 0.6) is 0 Å². The van der Waals surface area contributed by atoms with Gasteiger partial charge in [0, 0.05) is 6.54 Å². The lowest BCUT2D eigenvalue weighted by atomic mass is 10.2. The molecular weight excluding hydrogens is 180 g/mol. The van der Waals surface area contributed by atoms with Crippen LogP contribution in [0, 0.1) is 0 Å². The van der Waals surface area contributed by atoms with Gasteiger partial charge >= 0.3 is 12.2 Å². The molecule has 0 rings (SSSR count). The highest BCUT2D eigenvalue weighted by Crippen LogP contribution is 1.86. The summed E-state index contributed by atoms with van der Waals surface area (Å²) in [7, 11) is 0. The molecule has 0 aliphatic rings. The van der Waals surface area contributed by atoms with E-state index < -0.39 is 18.2 Å². The van der Waals surface area contributed by atoms with Gasteiger partial charge < -0.3 is 25.6 Å². The van der Waals surface area contributed by atoms with E-state index in [-0.39, 0.29) is 13.0 Å². The lowest BCUT2D eigenvalue weighted by Gasteiger charge is -2.08. The molecule has 0 saturated heterocycles. The molecule has 7 nitrogen and oxygen atoms in total. The number of amides is 2. The second-order valence-electron chi connectivity index (χ2n) is 2.21. The van der Waals surface area contributed by atoms with Crippen molar-refractivity contribution in [3.8, 4) is 0 Å². The molecule has 0 spiro atoms. The summed E-state index contributed by atoms with van der Waals surface area (Å²) in [5, 5.41) is 20.3. The van der Waals surface area contributed by atoms with Crippen molar-refractivity contribution in [2.45, 2.75) is 12.5 Å². The summed E-state index contributed by atoms with van der Waals surface area (Å²) in [6.45, 7) is 0.0268. The maximum Gasteiger partial charge on any atom is 0.405 e. The zero-order chi connectivity index (χ0) is 10.3. The first kappa shape index (κ1) is 11.2. The van der Waals surface area contributed by atoms with Crippen LogP contribution in [-0.2, 0) is 4.79 Å². The summed E-state index contributed by atoms with van der Waals surface area (Å²) in [4.78, 5) is 30.2. The summed E-state index contributed by atoms with van der Waals surface area (Å²) in [6, 6.07) is -0.871. The summed E-state index contributed by atoms with van der Waals surface area (Å²) >= 11 is 0. The average molecular weight is 190 g/mol. The highest BCUT2D eigenvalue weighted by molar-refractivity contribution is 5.71. The predicted molar refractivity (Wildman–Crippen MR) is 41.7 cm³/mol. The molecule has 0 aliphatic carbocycles. The Kier molecular flexibility index (Phi) is 5.01. The minimum absolute atomic E-state index is 0.0268. The Bertz CT molecular complexity index is 205. The summed E-state index contributed by atoms with van der Waals surface area (Å²) < 4.78 is 0. The Balaban J connectivity index is 3.65. The van der Waals surface area contributed by atoms with Crippen molar-refractivity contribution in [2.75, 3.05) is 6.54 Å². The van der Waals surface area contributed by atoms with Crippen molar-refractivity contribution in [2.24, 2.45) is 0 Å². The molecule has 0 aromatic heterocycles. The van der Waals surface area contributed by atoms with Crippen LogP contribution in [0.1, 0.15) is 6.42 Å². The van der Waals surface area contributed by atoms with Gasteiger partial charge in [-0.1, -0.05) is 0 Å². The maximum atomic E-state index is 10.2. The number of carbonyl (C=O) groups is 3. The normalized spacial score (nSPS) is 11.4. The van der Waals surface area contributed by atoms with Crippen molar-refractivity contribution >= 4 is 18.5 Å². The SMILES string of the molecule is O=CC(CCNC(=O)O)NC(=O)O. The van der Waals surface area contributed by atoms with Crippen LogP contribution in [0.15, 0.2) is 0 Å². The molecule has 0 aliphatic heterocycles. The molecular formula is C6H10N2O5. The Morgan fingerprint density at radius 1 is 1.31 bits per heavy atom. The predicted octanol–water partition coefficient (Wildman–Crippen LogP) is -0.521. The number of nitrogens with one attached hydrogen (secondary N) is 2. The van der Waals surface area contributed by atoms with Crippen LogP contribution >= 0.6 is 0 Å². The fourth-order valence-electron chi connectivity index (χ4n) is 0.667. The Labute approximate surface area is 73.7 Å². The molecule has 2 amide bonds. The molecule has 0 aromatic rings. The van der Waals surface area contributed by atoms with E-state index in [0.29, 0.717) is 6.29 Å². The molecule has 0 bridgehead atoms. The highest BCUT2D eigenvalue weighted by atomic mass is 16.4. The van der Waals surface area contributed by atoms with Gasteiger partial charge in [-0.05, 0) is 6.42 Å². The van der Waals surface area contributed by atoms with Crippen LogP contribution in [-0.4, -0.2) is 41.3 Å². The van der Waals surface area contributed by atoms with Crippen LogP contribution < -0.4 is 10.6 Å². The van der Waals surface area contributed by atoms with Gasteiger partial charge in [0.2, 0.25) is 0 Å². The summed E-state index contributed by atoms with van der Waals surface area (Å²) in [5.74, 6) is 0. The highest BCUT2D eigenvalue weighted by Gasteiger charge is 2.09. The first-order valence-corrected chi connectivity index (χ1v) is 3.47. The van der Waals surface area contributed by atoms with Crippen LogP contribution in [0.3, 0.4) is 0 Å². The summed E-state index contributed by atoms with van der Waals surface area (Å²) in [6.07, 6.45) is -2.01. The van der Waals surface area contributed by atoms with E-state index in [1.165, 1.54) is 0 Å². The first-order chi connectivity index (χ1) is 6.06. The Hall–Kier alpha value is -1.79. The number of carboxylic acid groups (broad SMARTS) is 2. The monoisotopic (exact) mass is 190 g/mol. The Morgan fingerprint density at radius 3 is 2.31 bits per heavy atom. The third-order valence-electron chi connectivity index (χ3n) is 1.20. The molecule has 1 atom stereocenters. The topological polar surface area (TPSA) is 116 Å². The molecule has 0 saturated carbocycles. The van der Waals surface area contributed by atoms with Crippen molar-refractivity contribution in [1.82, 2.24) is 10.6 Å². The quantitative estimate of drug-likeness (QED) is 0.435. The van der Waals surface area contributed by atoms with Gasteiger partial charge in [0.15, 0.2) is 0 Å². The average Bonchev–Trinajstić information content (AvgIpc) is 2.01. The second-order valence-corrected chi connectivity index (χ2v) is 2.21. The van der Waals surface area contributed by atoms with E-state index in [9.17, 15) is 14.4 Å². The minimum Gasteiger partial charge on any atom is -0.465 e. The Morgan fingerprint density at radius 2 is 1.92 bits per heavy atom. The third-order valence-corrected chi connectivity index (χ3v) is 1.20. The molecule has 0 heterocycles. The van der Waals surface area contributed by atoms with E-state index in [2.05, 4.69) is 0 Å². The van der Waals surface area contributed by atoms with Crippen molar-refractivity contribution in [1.29, 1.82) is 0 Å². The van der Waals surface area contributed by atoms with Gasteiger partial charge in [0.25, 0.3) is 0 Å². The molecule has 4 N–H and O–H groups in total.